The molecule has 2 rings (SSSR count). The maximum absolute atomic E-state index is 10.4. The molecule has 0 bridgehead atoms. The number of hydrogen-bond acceptors (Lipinski definition) is 3. The summed E-state index contributed by atoms with van der Waals surface area (Å²) in [6.45, 7) is 1.45. The third-order valence-electron chi connectivity index (χ3n) is 2.75. The van der Waals surface area contributed by atoms with E-state index < -0.39 is 0 Å². The molecule has 1 aromatic carbocycles. The Labute approximate surface area is 95.0 Å². The van der Waals surface area contributed by atoms with Crippen molar-refractivity contribution in [1.82, 2.24) is 4.90 Å². The minimum Gasteiger partial charge on any atom is -0.520 e. The topological polar surface area (TPSA) is 55.6 Å². The summed E-state index contributed by atoms with van der Waals surface area (Å²) in [7, 11) is 0. The molecule has 1 aliphatic rings. The monoisotopic (exact) mass is 476 g/mol. The fraction of sp³-hybridized carbons (Fsp3) is 0.417. The van der Waals surface area contributed by atoms with E-state index in [0.29, 0.717) is 0 Å². The van der Waals surface area contributed by atoms with Crippen LogP contribution >= 0.6 is 0 Å². The van der Waals surface area contributed by atoms with E-state index in [2.05, 4.69) is 0 Å². The number of nitrogens with two attached hydrogens (primary N) is 1. The summed E-state index contributed by atoms with van der Waals surface area (Å²) in [5.41, 5.74) is 6.32. The van der Waals surface area contributed by atoms with E-state index in [1.54, 1.807) is 4.90 Å². The summed E-state index contributed by atoms with van der Waals surface area (Å²) < 4.78 is 5.79. The van der Waals surface area contributed by atoms with Crippen molar-refractivity contribution in [2.45, 2.75) is 18.9 Å². The average molecular weight is 476 g/mol. The van der Waals surface area contributed by atoms with Crippen LogP contribution in [0.4, 0.5) is 5.69 Å². The molecule has 1 heterocycles. The van der Waals surface area contributed by atoms with E-state index in [9.17, 15) is 4.79 Å². The van der Waals surface area contributed by atoms with Crippen molar-refractivity contribution in [2.75, 3.05) is 18.8 Å². The number of nitrogens with zero attached hydrogens (tertiary/aromatic N) is 1. The molecule has 1 saturated heterocycles. The van der Waals surface area contributed by atoms with Crippen molar-refractivity contribution in [1.29, 1.82) is 0 Å². The number of piperidine rings is 1. The first kappa shape index (κ1) is 12.4. The number of carbonyl (C=O) groups excluding carboxylic acids is 1. The van der Waals surface area contributed by atoms with E-state index in [1.807, 2.05) is 30.7 Å². The fourth-order valence-electron chi connectivity index (χ4n) is 1.80. The molecule has 2 N–H and O–H groups in total. The van der Waals surface area contributed by atoms with Gasteiger partial charge in [0.2, 0.25) is 0 Å². The number of anilines is 1. The van der Waals surface area contributed by atoms with Gasteiger partial charge in [0.05, 0.1) is 0 Å². The Morgan fingerprint density at radius 1 is 1.24 bits per heavy atom. The van der Waals surface area contributed by atoms with Crippen molar-refractivity contribution >= 4 is 12.1 Å². The smallest absolute Gasteiger partial charge is 0.119 e. The van der Waals surface area contributed by atoms with Gasteiger partial charge < -0.3 is 20.2 Å². The van der Waals surface area contributed by atoms with Crippen LogP contribution in [0.15, 0.2) is 24.3 Å². The minimum absolute atomic E-state index is 0. The molecule has 0 aromatic heterocycles. The van der Waals surface area contributed by atoms with Crippen LogP contribution in [0.5, 0.6) is 5.75 Å². The van der Waals surface area contributed by atoms with Crippen molar-refractivity contribution in [3.63, 3.8) is 0 Å². The van der Waals surface area contributed by atoms with E-state index >= 15 is 0 Å². The molecule has 5 heteroatoms. The maximum Gasteiger partial charge on any atom is 0.119 e. The second-order valence-corrected chi connectivity index (χ2v) is 3.96. The van der Waals surface area contributed by atoms with Gasteiger partial charge in [-0.15, -0.1) is 0 Å². The number of amides is 1. The molecule has 0 saturated carbocycles. The summed E-state index contributed by atoms with van der Waals surface area (Å²) in [6.07, 6.45) is 3.82. The molecular weight excluding hydrogens is 461 g/mol. The van der Waals surface area contributed by atoms with Crippen LogP contribution < -0.4 is 10.5 Å². The van der Waals surface area contributed by atoms with Gasteiger partial charge in [0.15, 0.2) is 0 Å². The van der Waals surface area contributed by atoms with Crippen molar-refractivity contribution in [3.05, 3.63) is 24.3 Å². The van der Waals surface area contributed by atoms with Gasteiger partial charge in [0.25, 0.3) is 0 Å². The van der Waals surface area contributed by atoms with Gasteiger partial charge in [-0.3, -0.25) is 0 Å². The van der Waals surface area contributed by atoms with Gasteiger partial charge in [-0.25, -0.2) is 0 Å². The first-order chi connectivity index (χ1) is 7.78. The molecule has 0 unspecified atom stereocenters. The second kappa shape index (κ2) is 5.39. The summed E-state index contributed by atoms with van der Waals surface area (Å²) in [4.78, 5) is 12.1. The van der Waals surface area contributed by atoms with E-state index in [0.717, 1.165) is 37.4 Å². The first-order valence-corrected chi connectivity index (χ1v) is 5.43. The Balaban J connectivity index is 0.00000144. The van der Waals surface area contributed by atoms with Gasteiger partial charge in [-0.05, 0) is 50.2 Å². The van der Waals surface area contributed by atoms with Crippen molar-refractivity contribution in [2.24, 2.45) is 0 Å². The fourth-order valence-corrected chi connectivity index (χ4v) is 1.80. The van der Waals surface area contributed by atoms with E-state index in [1.165, 1.54) is 0 Å². The summed E-state index contributed by atoms with van der Waals surface area (Å²) in [6, 6.07) is 7.38. The molecule has 1 amide bonds. The van der Waals surface area contributed by atoms with Crippen LogP contribution in [0, 0.1) is 0 Å². The largest absolute Gasteiger partial charge is 0.520 e. The summed E-state index contributed by atoms with van der Waals surface area (Å²) in [5, 5.41) is 0. The van der Waals surface area contributed by atoms with Gasteiger partial charge in [0.1, 0.15) is 11.9 Å². The number of ether oxygens (including phenoxy) is 1. The van der Waals surface area contributed by atoms with Crippen LogP contribution in [-0.2, 0) is 4.79 Å². The predicted octanol–water partition coefficient (Wildman–Crippen LogP) is 1.18. The molecule has 0 spiro atoms. The predicted molar refractivity (Wildman–Crippen MR) is 61.8 cm³/mol. The van der Waals surface area contributed by atoms with Crippen LogP contribution in [0.2, 0.25) is 0 Å². The minimum atomic E-state index is 0. The molecule has 17 heavy (non-hydrogen) atoms. The Bertz CT molecular complexity index is 348. The number of benzene rings is 1. The molecule has 98 valence electrons. The van der Waals surface area contributed by atoms with Crippen molar-refractivity contribution in [3.8, 4) is 5.75 Å². The van der Waals surface area contributed by atoms with E-state index in [-0.39, 0.29) is 6.10 Å². The Morgan fingerprint density at radius 3 is 2.35 bits per heavy atom. The Hall–Kier alpha value is -2.71. The Morgan fingerprint density at radius 2 is 1.82 bits per heavy atom. The average Bonchev–Trinajstić information content (AvgIpc) is 2.33. The van der Waals surface area contributed by atoms with Crippen LogP contribution in [0.25, 0.3) is 0 Å². The molecule has 0 atom stereocenters. The zero-order chi connectivity index (χ0) is 11.4. The molecule has 1 fully saturated rings. The maximum atomic E-state index is 10.4. The zero-order valence-electron chi connectivity index (χ0n) is 9.34. The molecule has 0 radical (unpaired) electrons. The van der Waals surface area contributed by atoms with Crippen LogP contribution in [0.1, 0.15) is 12.8 Å². The van der Waals surface area contributed by atoms with Gasteiger partial charge in [0, 0.05) is 5.69 Å². The second-order valence-electron chi connectivity index (χ2n) is 3.96. The molecule has 1 aliphatic heterocycles. The standard InChI is InChI=1S/C12H15N2O2.Fm/c13-10-1-3-11(4-2-10)16-12-5-7-14(9-15)8-6-12;/h1-4,12H,5-8,13H2;/q-1;. The molecule has 1 aromatic rings. The summed E-state index contributed by atoms with van der Waals surface area (Å²) in [5.74, 6) is 0.836. The third kappa shape index (κ3) is 3.12. The zero-order valence-corrected chi connectivity index (χ0v) is 11.7. The number of likely N-dealkylation sites (tertiary alicyclic amines) is 1. The number of hydrogen-bond donors (Lipinski definition) is 1. The third-order valence-corrected chi connectivity index (χ3v) is 2.75. The van der Waals surface area contributed by atoms with Gasteiger partial charge in [-0.2, -0.15) is 6.41 Å². The number of rotatable bonds is 3. The quantitative estimate of drug-likeness (QED) is 0.527. The molecule has 0 aliphatic carbocycles. The molecule has 4 nitrogen and oxygen atoms in total. The van der Waals surface area contributed by atoms with Crippen LogP contribution in [0.3, 0.4) is 0 Å². The van der Waals surface area contributed by atoms with Crippen LogP contribution in [-0.4, -0.2) is 30.5 Å². The molecular formula is C12H15FmN2O2-. The van der Waals surface area contributed by atoms with Gasteiger partial charge >= 0.3 is 0 Å². The SMILES string of the molecule is Nc1ccc(OC2CCN([C-]=O)CC2)cc1.[Fm]. The Kier molecular flexibility index (Phi) is 3.92. The van der Waals surface area contributed by atoms with Crippen molar-refractivity contribution < 1.29 is 9.53 Å². The summed E-state index contributed by atoms with van der Waals surface area (Å²) >= 11 is 0. The first-order valence-electron chi connectivity index (χ1n) is 5.43. The normalized spacial score (nSPS) is 16.1. The van der Waals surface area contributed by atoms with Gasteiger partial charge in [-0.1, -0.05) is 0 Å². The number of nitrogen functional groups attached to an aromatic ring is 1. The van der Waals surface area contributed by atoms with E-state index in [4.69, 9.17) is 10.5 Å².